The van der Waals surface area contributed by atoms with Gasteiger partial charge in [-0.05, 0) is 55.9 Å². The summed E-state index contributed by atoms with van der Waals surface area (Å²) in [6.07, 6.45) is 0.821. The van der Waals surface area contributed by atoms with E-state index in [4.69, 9.17) is 4.98 Å². The number of fused-ring (bicyclic) bond motifs is 1. The van der Waals surface area contributed by atoms with E-state index in [-0.39, 0.29) is 23.0 Å². The number of ketones is 1. The monoisotopic (exact) mass is 493 g/mol. The number of nitrogens with one attached hydrogen (secondary N) is 1. The largest absolute Gasteiger partial charge is 0.352 e. The minimum atomic E-state index is -0.189. The predicted octanol–water partition coefficient (Wildman–Crippen LogP) is 5.42. The van der Waals surface area contributed by atoms with E-state index in [0.717, 1.165) is 17.5 Å². The van der Waals surface area contributed by atoms with Crippen LogP contribution < -0.4 is 10.9 Å². The van der Waals surface area contributed by atoms with Gasteiger partial charge >= 0.3 is 0 Å². The first-order chi connectivity index (χ1) is 16.6. The van der Waals surface area contributed by atoms with E-state index in [0.29, 0.717) is 52.1 Å². The lowest BCUT2D eigenvalue weighted by Gasteiger charge is -2.15. The van der Waals surface area contributed by atoms with Crippen molar-refractivity contribution in [2.24, 2.45) is 11.8 Å². The Morgan fingerprint density at radius 3 is 2.43 bits per heavy atom. The van der Waals surface area contributed by atoms with Gasteiger partial charge in [-0.1, -0.05) is 63.2 Å². The quantitative estimate of drug-likeness (QED) is 0.232. The molecule has 35 heavy (non-hydrogen) atoms. The molecule has 0 bridgehead atoms. The van der Waals surface area contributed by atoms with Gasteiger partial charge in [-0.2, -0.15) is 0 Å². The Morgan fingerprint density at radius 1 is 1.03 bits per heavy atom. The number of hydrogen-bond donors (Lipinski definition) is 1. The van der Waals surface area contributed by atoms with E-state index < -0.39 is 0 Å². The highest BCUT2D eigenvalue weighted by atomic mass is 32.2. The van der Waals surface area contributed by atoms with Crippen LogP contribution in [0.15, 0.2) is 46.3 Å². The Balaban J connectivity index is 1.95. The zero-order valence-electron chi connectivity index (χ0n) is 21.5. The van der Waals surface area contributed by atoms with Crippen LogP contribution in [0.4, 0.5) is 0 Å². The van der Waals surface area contributed by atoms with Crippen molar-refractivity contribution < 1.29 is 9.59 Å². The van der Waals surface area contributed by atoms with Gasteiger partial charge in [-0.3, -0.25) is 19.0 Å². The fraction of sp³-hybridized carbons (Fsp3) is 0.429. The Kier molecular flexibility index (Phi) is 8.89. The van der Waals surface area contributed by atoms with Crippen LogP contribution in [0.2, 0.25) is 0 Å². The van der Waals surface area contributed by atoms with Crippen molar-refractivity contribution in [3.63, 3.8) is 0 Å². The van der Waals surface area contributed by atoms with Gasteiger partial charge in [0.1, 0.15) is 0 Å². The molecule has 0 aliphatic carbocycles. The molecule has 0 unspecified atom stereocenters. The number of aromatic nitrogens is 2. The molecular formula is C28H35N3O3S. The van der Waals surface area contributed by atoms with Crippen LogP contribution in [0.3, 0.4) is 0 Å². The smallest absolute Gasteiger partial charge is 0.262 e. The number of aryl methyl sites for hydroxylation is 2. The molecule has 0 saturated carbocycles. The Labute approximate surface area is 211 Å². The van der Waals surface area contributed by atoms with Crippen molar-refractivity contribution in [2.75, 3.05) is 12.3 Å². The maximum Gasteiger partial charge on any atom is 0.262 e. The summed E-state index contributed by atoms with van der Waals surface area (Å²) >= 11 is 1.27. The standard InChI is InChI=1S/C28H35N3O3S/c1-17(2)11-12-31-27(34)23-10-8-21(26(33)29-15-18(3)4)14-24(23)30-28(31)35-16-25(32)22-9-7-19(5)13-20(22)6/h7-10,13-14,17-18H,11-12,15-16H2,1-6H3,(H,29,33). The summed E-state index contributed by atoms with van der Waals surface area (Å²) in [5.74, 6) is 0.741. The molecule has 1 heterocycles. The normalized spacial score (nSPS) is 11.4. The van der Waals surface area contributed by atoms with Crippen molar-refractivity contribution in [3.05, 3.63) is 69.0 Å². The number of nitrogens with zero attached hydrogens (tertiary/aromatic N) is 2. The lowest BCUT2D eigenvalue weighted by molar-refractivity contribution is 0.0948. The van der Waals surface area contributed by atoms with E-state index >= 15 is 0 Å². The van der Waals surface area contributed by atoms with Gasteiger partial charge in [0.2, 0.25) is 0 Å². The molecular weight excluding hydrogens is 458 g/mol. The fourth-order valence-electron chi connectivity index (χ4n) is 3.77. The lowest BCUT2D eigenvalue weighted by Crippen LogP contribution is -2.28. The third kappa shape index (κ3) is 6.82. The average molecular weight is 494 g/mol. The van der Waals surface area contributed by atoms with Crippen LogP contribution in [0.25, 0.3) is 10.9 Å². The second-order valence-corrected chi connectivity index (χ2v) is 10.8. The van der Waals surface area contributed by atoms with Crippen LogP contribution in [0.1, 0.15) is 66.0 Å². The van der Waals surface area contributed by atoms with Crippen LogP contribution >= 0.6 is 11.8 Å². The molecule has 0 fully saturated rings. The average Bonchev–Trinajstić information content (AvgIpc) is 2.80. The van der Waals surface area contributed by atoms with Gasteiger partial charge in [-0.15, -0.1) is 0 Å². The molecule has 3 rings (SSSR count). The highest BCUT2D eigenvalue weighted by molar-refractivity contribution is 7.99. The van der Waals surface area contributed by atoms with Crippen molar-refractivity contribution >= 4 is 34.4 Å². The molecule has 3 aromatic rings. The Hall–Kier alpha value is -2.93. The van der Waals surface area contributed by atoms with Crippen LogP contribution in [-0.4, -0.2) is 33.5 Å². The second kappa shape index (κ2) is 11.7. The Bertz CT molecular complexity index is 1290. The van der Waals surface area contributed by atoms with Crippen molar-refractivity contribution in [1.29, 1.82) is 0 Å². The zero-order chi connectivity index (χ0) is 25.7. The van der Waals surface area contributed by atoms with E-state index in [1.165, 1.54) is 11.8 Å². The van der Waals surface area contributed by atoms with Crippen LogP contribution in [0, 0.1) is 25.7 Å². The number of Topliss-reactive ketones (excluding diaryl/α,β-unsaturated/α-hetero) is 1. The van der Waals surface area contributed by atoms with E-state index in [9.17, 15) is 14.4 Å². The summed E-state index contributed by atoms with van der Waals surface area (Å²) in [7, 11) is 0. The molecule has 0 saturated heterocycles. The Morgan fingerprint density at radius 2 is 1.77 bits per heavy atom. The first-order valence-electron chi connectivity index (χ1n) is 12.1. The molecule has 0 atom stereocenters. The second-order valence-electron chi connectivity index (χ2n) is 9.90. The molecule has 0 aliphatic rings. The summed E-state index contributed by atoms with van der Waals surface area (Å²) in [6, 6.07) is 10.8. The minimum absolute atomic E-state index is 0.000862. The van der Waals surface area contributed by atoms with E-state index in [1.807, 2.05) is 45.9 Å². The van der Waals surface area contributed by atoms with Gasteiger partial charge in [0.15, 0.2) is 10.9 Å². The summed E-state index contributed by atoms with van der Waals surface area (Å²) in [6.45, 7) is 13.3. The topological polar surface area (TPSA) is 81.1 Å². The zero-order valence-corrected chi connectivity index (χ0v) is 22.3. The van der Waals surface area contributed by atoms with Gasteiger partial charge in [0, 0.05) is 24.2 Å². The first-order valence-corrected chi connectivity index (χ1v) is 13.1. The molecule has 2 aromatic carbocycles. The number of thioether (sulfide) groups is 1. The number of carbonyl (C=O) groups is 2. The number of hydrogen-bond acceptors (Lipinski definition) is 5. The molecule has 0 radical (unpaired) electrons. The molecule has 1 amide bonds. The molecule has 0 spiro atoms. The molecule has 6 nitrogen and oxygen atoms in total. The van der Waals surface area contributed by atoms with Crippen LogP contribution in [-0.2, 0) is 6.54 Å². The summed E-state index contributed by atoms with van der Waals surface area (Å²) in [5, 5.41) is 3.88. The minimum Gasteiger partial charge on any atom is -0.352 e. The summed E-state index contributed by atoms with van der Waals surface area (Å²) in [5.41, 5.74) is 3.52. The van der Waals surface area contributed by atoms with Crippen molar-refractivity contribution in [3.8, 4) is 0 Å². The molecule has 186 valence electrons. The predicted molar refractivity (Wildman–Crippen MR) is 144 cm³/mol. The van der Waals surface area contributed by atoms with E-state index in [2.05, 4.69) is 19.2 Å². The van der Waals surface area contributed by atoms with Gasteiger partial charge in [0.05, 0.1) is 16.7 Å². The number of rotatable bonds is 10. The molecule has 0 aliphatic heterocycles. The summed E-state index contributed by atoms with van der Waals surface area (Å²) < 4.78 is 1.67. The molecule has 1 N–H and O–H groups in total. The molecule has 1 aromatic heterocycles. The fourth-order valence-corrected chi connectivity index (χ4v) is 4.68. The van der Waals surface area contributed by atoms with Gasteiger partial charge in [-0.25, -0.2) is 4.98 Å². The third-order valence-electron chi connectivity index (χ3n) is 5.80. The highest BCUT2D eigenvalue weighted by Crippen LogP contribution is 2.22. The number of carbonyl (C=O) groups excluding carboxylic acids is 2. The summed E-state index contributed by atoms with van der Waals surface area (Å²) in [4.78, 5) is 43.7. The highest BCUT2D eigenvalue weighted by Gasteiger charge is 2.17. The first kappa shape index (κ1) is 26.7. The van der Waals surface area contributed by atoms with E-state index in [1.54, 1.807) is 22.8 Å². The lowest BCUT2D eigenvalue weighted by atomic mass is 10.0. The van der Waals surface area contributed by atoms with Crippen molar-refractivity contribution in [2.45, 2.75) is 59.7 Å². The molecule has 7 heteroatoms. The van der Waals surface area contributed by atoms with Gasteiger partial charge in [0.25, 0.3) is 11.5 Å². The van der Waals surface area contributed by atoms with Crippen molar-refractivity contribution in [1.82, 2.24) is 14.9 Å². The third-order valence-corrected chi connectivity index (χ3v) is 6.77. The maximum atomic E-state index is 13.4. The maximum absolute atomic E-state index is 13.4. The number of amides is 1. The van der Waals surface area contributed by atoms with Gasteiger partial charge < -0.3 is 5.32 Å². The number of benzene rings is 2. The van der Waals surface area contributed by atoms with Crippen LogP contribution in [0.5, 0.6) is 0 Å². The SMILES string of the molecule is Cc1ccc(C(=O)CSc2nc3cc(C(=O)NCC(C)C)ccc3c(=O)n2CCC(C)C)c(C)c1.